The van der Waals surface area contributed by atoms with Gasteiger partial charge in [0.2, 0.25) is 7.29 Å². The number of benzene rings is 3. The molecule has 3 aromatic carbocycles. The number of ketones is 1. The molecule has 1 heterocycles. The fourth-order valence-corrected chi connectivity index (χ4v) is 7.03. The van der Waals surface area contributed by atoms with Crippen molar-refractivity contribution in [2.75, 3.05) is 4.67 Å². The van der Waals surface area contributed by atoms with Crippen LogP contribution in [0.15, 0.2) is 84.9 Å². The van der Waals surface area contributed by atoms with Crippen LogP contribution in [0.4, 0.5) is 5.69 Å². The molecular weight excluding hydrogens is 341 g/mol. The van der Waals surface area contributed by atoms with Crippen molar-refractivity contribution in [3.8, 4) is 0 Å². The van der Waals surface area contributed by atoms with Crippen molar-refractivity contribution in [2.24, 2.45) is 0 Å². The highest BCUT2D eigenvalue weighted by atomic mass is 31.2. The molecule has 0 N–H and O–H groups in total. The third-order valence-corrected chi connectivity index (χ3v) is 8.00. The van der Waals surface area contributed by atoms with E-state index in [1.54, 1.807) is 6.92 Å². The molecule has 0 aromatic heterocycles. The highest BCUT2D eigenvalue weighted by Gasteiger charge is 2.48. The monoisotopic (exact) mass is 361 g/mol. The molecule has 130 valence electrons. The van der Waals surface area contributed by atoms with Gasteiger partial charge in [0.25, 0.3) is 0 Å². The van der Waals surface area contributed by atoms with Crippen LogP contribution in [0.3, 0.4) is 0 Å². The van der Waals surface area contributed by atoms with Gasteiger partial charge in [-0.05, 0) is 42.8 Å². The second-order valence-electron chi connectivity index (χ2n) is 6.57. The van der Waals surface area contributed by atoms with E-state index in [-0.39, 0.29) is 11.8 Å². The summed E-state index contributed by atoms with van der Waals surface area (Å²) < 4.78 is 16.6. The summed E-state index contributed by atoms with van der Waals surface area (Å²) in [7, 11) is -3.08. The number of rotatable bonds is 4. The minimum absolute atomic E-state index is 0.0900. The van der Waals surface area contributed by atoms with Gasteiger partial charge in [-0.1, -0.05) is 54.6 Å². The fourth-order valence-electron chi connectivity index (χ4n) is 3.77. The standard InChI is InChI=1S/C22H20NO2P/c1-17(24)16-21-20-14-8-9-15-22(20)26(25,19-12-6-3-7-13-19)23(21)18-10-4-2-5-11-18/h2-15,21H,16H2,1H3. The van der Waals surface area contributed by atoms with Crippen molar-refractivity contribution >= 4 is 29.4 Å². The van der Waals surface area contributed by atoms with Crippen LogP contribution in [-0.2, 0) is 9.36 Å². The maximum atomic E-state index is 14.6. The van der Waals surface area contributed by atoms with Crippen LogP contribution >= 0.6 is 7.29 Å². The maximum absolute atomic E-state index is 14.6. The maximum Gasteiger partial charge on any atom is 0.230 e. The Labute approximate surface area is 153 Å². The number of fused-ring (bicyclic) bond motifs is 1. The van der Waals surface area contributed by atoms with E-state index in [9.17, 15) is 9.36 Å². The van der Waals surface area contributed by atoms with Crippen LogP contribution in [0.5, 0.6) is 0 Å². The molecule has 0 saturated carbocycles. The van der Waals surface area contributed by atoms with Gasteiger partial charge in [0.1, 0.15) is 5.78 Å². The quantitative estimate of drug-likeness (QED) is 0.644. The predicted octanol–water partition coefficient (Wildman–Crippen LogP) is 4.46. The Balaban J connectivity index is 2.01. The van der Waals surface area contributed by atoms with Crippen LogP contribution in [0.25, 0.3) is 0 Å². The molecule has 0 radical (unpaired) electrons. The first-order chi connectivity index (χ1) is 12.6. The van der Waals surface area contributed by atoms with Gasteiger partial charge in [-0.25, -0.2) is 0 Å². The summed E-state index contributed by atoms with van der Waals surface area (Å²) in [5.41, 5.74) is 1.86. The van der Waals surface area contributed by atoms with Crippen molar-refractivity contribution in [1.82, 2.24) is 0 Å². The van der Waals surface area contributed by atoms with Crippen LogP contribution in [0.1, 0.15) is 24.9 Å². The van der Waals surface area contributed by atoms with Crippen LogP contribution < -0.4 is 15.3 Å². The average Bonchev–Trinajstić information content (AvgIpc) is 2.92. The van der Waals surface area contributed by atoms with Crippen LogP contribution in [0, 0.1) is 0 Å². The lowest BCUT2D eigenvalue weighted by Gasteiger charge is -2.32. The number of anilines is 1. The van der Waals surface area contributed by atoms with Gasteiger partial charge in [-0.3, -0.25) is 9.36 Å². The zero-order chi connectivity index (χ0) is 18.1. The Hall–Kier alpha value is -2.64. The molecule has 0 bridgehead atoms. The Bertz CT molecular complexity index is 985. The minimum atomic E-state index is -3.08. The zero-order valence-corrected chi connectivity index (χ0v) is 15.5. The number of hydrogen-bond acceptors (Lipinski definition) is 2. The summed E-state index contributed by atoms with van der Waals surface area (Å²) in [5, 5.41) is 1.63. The molecule has 1 aliphatic heterocycles. The van der Waals surface area contributed by atoms with E-state index >= 15 is 0 Å². The second-order valence-corrected chi connectivity index (χ2v) is 9.15. The third kappa shape index (κ3) is 2.60. The molecule has 0 amide bonds. The first-order valence-corrected chi connectivity index (χ1v) is 10.4. The van der Waals surface area contributed by atoms with E-state index < -0.39 is 7.29 Å². The van der Waals surface area contributed by atoms with Gasteiger partial charge >= 0.3 is 0 Å². The lowest BCUT2D eigenvalue weighted by Crippen LogP contribution is -2.27. The molecule has 3 aromatic rings. The molecular formula is C22H20NO2P. The molecule has 26 heavy (non-hydrogen) atoms. The summed E-state index contributed by atoms with van der Waals surface area (Å²) >= 11 is 0. The highest BCUT2D eigenvalue weighted by molar-refractivity contribution is 7.80. The summed E-state index contributed by atoms with van der Waals surface area (Å²) in [6.07, 6.45) is 0.336. The van der Waals surface area contributed by atoms with Crippen LogP contribution in [-0.4, -0.2) is 5.78 Å². The Kier molecular flexibility index (Phi) is 4.26. The average molecular weight is 361 g/mol. The molecule has 1 aliphatic rings. The lowest BCUT2D eigenvalue weighted by atomic mass is 10.0. The summed E-state index contributed by atoms with van der Waals surface area (Å²) in [6, 6.07) is 27.0. The Morgan fingerprint density at radius 1 is 0.885 bits per heavy atom. The first kappa shape index (κ1) is 16.8. The third-order valence-electron chi connectivity index (χ3n) is 4.83. The van der Waals surface area contributed by atoms with Gasteiger partial charge in [-0.2, -0.15) is 0 Å². The Morgan fingerprint density at radius 2 is 1.46 bits per heavy atom. The van der Waals surface area contributed by atoms with Crippen molar-refractivity contribution in [2.45, 2.75) is 19.4 Å². The molecule has 0 saturated heterocycles. The number of hydrogen-bond donors (Lipinski definition) is 0. The molecule has 4 heteroatoms. The molecule has 3 nitrogen and oxygen atoms in total. The zero-order valence-electron chi connectivity index (χ0n) is 14.6. The topological polar surface area (TPSA) is 37.4 Å². The van der Waals surface area contributed by atoms with E-state index in [1.807, 2.05) is 89.6 Å². The smallest absolute Gasteiger partial charge is 0.230 e. The van der Waals surface area contributed by atoms with Gasteiger partial charge in [0, 0.05) is 22.7 Å². The molecule has 4 rings (SSSR count). The molecule has 0 spiro atoms. The van der Waals surface area contributed by atoms with Crippen LogP contribution in [0.2, 0.25) is 0 Å². The van der Waals surface area contributed by atoms with E-state index in [4.69, 9.17) is 0 Å². The summed E-state index contributed by atoms with van der Waals surface area (Å²) in [5.74, 6) is 0.0900. The predicted molar refractivity (Wildman–Crippen MR) is 107 cm³/mol. The Morgan fingerprint density at radius 3 is 2.12 bits per heavy atom. The van der Waals surface area contributed by atoms with Gasteiger partial charge in [0.15, 0.2) is 0 Å². The van der Waals surface area contributed by atoms with E-state index in [0.717, 1.165) is 21.9 Å². The normalized spacial score (nSPS) is 21.4. The molecule has 0 fully saturated rings. The molecule has 2 atom stereocenters. The number of carbonyl (C=O) groups excluding carboxylic acids is 1. The highest BCUT2D eigenvalue weighted by Crippen LogP contribution is 2.60. The number of carbonyl (C=O) groups is 1. The van der Waals surface area contributed by atoms with E-state index in [1.165, 1.54) is 0 Å². The van der Waals surface area contributed by atoms with Crippen molar-refractivity contribution in [3.63, 3.8) is 0 Å². The van der Waals surface area contributed by atoms with Crippen molar-refractivity contribution < 1.29 is 9.36 Å². The van der Waals surface area contributed by atoms with Gasteiger partial charge in [0.05, 0.1) is 6.04 Å². The number of nitrogens with zero attached hydrogens (tertiary/aromatic N) is 1. The SMILES string of the molecule is CC(=O)CC1c2ccccc2P(=O)(c2ccccc2)N1c1ccccc1. The van der Waals surface area contributed by atoms with E-state index in [0.29, 0.717) is 6.42 Å². The minimum Gasteiger partial charge on any atom is -0.308 e. The second kappa shape index (κ2) is 6.59. The molecule has 2 unspecified atom stereocenters. The van der Waals surface area contributed by atoms with Crippen molar-refractivity contribution in [3.05, 3.63) is 90.5 Å². The summed E-state index contributed by atoms with van der Waals surface area (Å²) in [4.78, 5) is 12.0. The largest absolute Gasteiger partial charge is 0.308 e. The summed E-state index contributed by atoms with van der Waals surface area (Å²) in [6.45, 7) is 1.59. The fraction of sp³-hybridized carbons (Fsp3) is 0.136. The number of para-hydroxylation sites is 1. The van der Waals surface area contributed by atoms with E-state index in [2.05, 4.69) is 0 Å². The molecule has 0 aliphatic carbocycles. The van der Waals surface area contributed by atoms with Gasteiger partial charge in [-0.15, -0.1) is 0 Å². The number of Topliss-reactive ketones (excluding diaryl/α,β-unsaturated/α-hetero) is 1. The van der Waals surface area contributed by atoms with Crippen molar-refractivity contribution in [1.29, 1.82) is 0 Å². The van der Waals surface area contributed by atoms with Gasteiger partial charge < -0.3 is 4.67 Å². The first-order valence-electron chi connectivity index (χ1n) is 8.71. The lowest BCUT2D eigenvalue weighted by molar-refractivity contribution is -0.117.